The molecule has 0 bridgehead atoms. The highest BCUT2D eigenvalue weighted by atomic mass is 19.1. The first-order chi connectivity index (χ1) is 10.7. The maximum Gasteiger partial charge on any atom is 0.181 e. The Morgan fingerprint density at radius 2 is 1.77 bits per heavy atom. The van der Waals surface area contributed by atoms with Gasteiger partial charge in [0, 0.05) is 5.56 Å². The van der Waals surface area contributed by atoms with Crippen LogP contribution in [0.1, 0.15) is 17.4 Å². The van der Waals surface area contributed by atoms with Crippen molar-refractivity contribution in [1.29, 1.82) is 0 Å². The first kappa shape index (κ1) is 14.2. The van der Waals surface area contributed by atoms with E-state index in [-0.39, 0.29) is 5.82 Å². The van der Waals surface area contributed by atoms with Gasteiger partial charge in [0.1, 0.15) is 17.4 Å². The summed E-state index contributed by atoms with van der Waals surface area (Å²) < 4.78 is 18.1. The van der Waals surface area contributed by atoms with Gasteiger partial charge in [-0.3, -0.25) is 5.10 Å². The predicted molar refractivity (Wildman–Crippen MR) is 80.8 cm³/mol. The van der Waals surface area contributed by atoms with Gasteiger partial charge in [-0.05, 0) is 42.0 Å². The molecule has 0 spiro atoms. The number of nitrogens with zero attached hydrogens (tertiary/aromatic N) is 2. The van der Waals surface area contributed by atoms with Crippen molar-refractivity contribution in [3.8, 4) is 17.1 Å². The number of nitrogens with two attached hydrogens (primary N) is 1. The lowest BCUT2D eigenvalue weighted by Gasteiger charge is -2.09. The van der Waals surface area contributed by atoms with Gasteiger partial charge < -0.3 is 10.5 Å². The lowest BCUT2D eigenvalue weighted by molar-refractivity contribution is 0.414. The largest absolute Gasteiger partial charge is 0.497 e. The molecule has 3 aromatic rings. The summed E-state index contributed by atoms with van der Waals surface area (Å²) in [5.41, 5.74) is 7.81. The zero-order valence-corrected chi connectivity index (χ0v) is 12.0. The molecule has 5 nitrogen and oxygen atoms in total. The normalized spacial score (nSPS) is 12.1. The molecule has 112 valence electrons. The summed E-state index contributed by atoms with van der Waals surface area (Å²) in [6, 6.07) is 13.0. The second-order valence-corrected chi connectivity index (χ2v) is 4.80. The van der Waals surface area contributed by atoms with Gasteiger partial charge in [-0.15, -0.1) is 0 Å². The van der Waals surface area contributed by atoms with Crippen LogP contribution in [0.4, 0.5) is 4.39 Å². The number of H-pyrrole nitrogens is 1. The molecule has 6 heteroatoms. The average molecular weight is 298 g/mol. The monoisotopic (exact) mass is 298 g/mol. The minimum atomic E-state index is -0.424. The van der Waals surface area contributed by atoms with E-state index in [2.05, 4.69) is 15.2 Å². The lowest BCUT2D eigenvalue weighted by atomic mass is 10.1. The summed E-state index contributed by atoms with van der Waals surface area (Å²) in [4.78, 5) is 4.38. The molecule has 1 heterocycles. The summed E-state index contributed by atoms with van der Waals surface area (Å²) in [7, 11) is 1.61. The van der Waals surface area contributed by atoms with Crippen LogP contribution in [-0.2, 0) is 0 Å². The van der Waals surface area contributed by atoms with Gasteiger partial charge in [-0.25, -0.2) is 9.37 Å². The highest BCUT2D eigenvalue weighted by Gasteiger charge is 2.15. The summed E-state index contributed by atoms with van der Waals surface area (Å²) in [6.45, 7) is 0. The summed E-state index contributed by atoms with van der Waals surface area (Å²) >= 11 is 0. The summed E-state index contributed by atoms with van der Waals surface area (Å²) in [6.07, 6.45) is 0. The van der Waals surface area contributed by atoms with E-state index in [1.165, 1.54) is 12.1 Å². The smallest absolute Gasteiger partial charge is 0.181 e. The van der Waals surface area contributed by atoms with E-state index < -0.39 is 6.04 Å². The van der Waals surface area contributed by atoms with Gasteiger partial charge in [0.15, 0.2) is 5.82 Å². The number of methoxy groups -OCH3 is 1. The number of aromatic nitrogens is 3. The van der Waals surface area contributed by atoms with Crippen LogP contribution in [0.2, 0.25) is 0 Å². The third kappa shape index (κ3) is 2.82. The van der Waals surface area contributed by atoms with E-state index in [9.17, 15) is 4.39 Å². The highest BCUT2D eigenvalue weighted by Crippen LogP contribution is 2.22. The molecule has 0 aliphatic carbocycles. The molecule has 0 saturated heterocycles. The molecular weight excluding hydrogens is 283 g/mol. The minimum absolute atomic E-state index is 0.297. The second kappa shape index (κ2) is 5.95. The number of ether oxygens (including phenoxy) is 1. The van der Waals surface area contributed by atoms with E-state index in [1.807, 2.05) is 24.3 Å². The molecule has 0 aliphatic rings. The zero-order chi connectivity index (χ0) is 15.5. The fraction of sp³-hybridized carbons (Fsp3) is 0.125. The quantitative estimate of drug-likeness (QED) is 0.776. The van der Waals surface area contributed by atoms with Gasteiger partial charge in [-0.1, -0.05) is 12.1 Å². The minimum Gasteiger partial charge on any atom is -0.497 e. The van der Waals surface area contributed by atoms with E-state index in [0.29, 0.717) is 11.6 Å². The average Bonchev–Trinajstić information content (AvgIpc) is 3.05. The summed E-state index contributed by atoms with van der Waals surface area (Å²) in [5.74, 6) is 1.50. The van der Waals surface area contributed by atoms with E-state index in [4.69, 9.17) is 10.5 Å². The lowest BCUT2D eigenvalue weighted by Crippen LogP contribution is -2.13. The van der Waals surface area contributed by atoms with Crippen molar-refractivity contribution in [2.75, 3.05) is 7.11 Å². The molecule has 3 N–H and O–H groups in total. The fourth-order valence-corrected chi connectivity index (χ4v) is 2.11. The number of benzene rings is 2. The third-order valence-corrected chi connectivity index (χ3v) is 3.37. The Kier molecular flexibility index (Phi) is 3.84. The van der Waals surface area contributed by atoms with Gasteiger partial charge in [0.25, 0.3) is 0 Å². The predicted octanol–water partition coefficient (Wildman–Crippen LogP) is 2.67. The maximum absolute atomic E-state index is 12.9. The number of halogens is 1. The van der Waals surface area contributed by atoms with E-state index in [1.54, 1.807) is 19.2 Å². The van der Waals surface area contributed by atoms with Crippen LogP contribution in [0.5, 0.6) is 5.75 Å². The van der Waals surface area contributed by atoms with Gasteiger partial charge in [0.05, 0.1) is 13.2 Å². The number of rotatable bonds is 4. The Morgan fingerprint density at radius 1 is 1.09 bits per heavy atom. The van der Waals surface area contributed by atoms with Crippen molar-refractivity contribution >= 4 is 0 Å². The van der Waals surface area contributed by atoms with Crippen molar-refractivity contribution in [2.24, 2.45) is 5.73 Å². The van der Waals surface area contributed by atoms with Gasteiger partial charge in [-0.2, -0.15) is 5.10 Å². The molecule has 22 heavy (non-hydrogen) atoms. The number of aromatic amines is 1. The second-order valence-electron chi connectivity index (χ2n) is 4.80. The van der Waals surface area contributed by atoms with Gasteiger partial charge >= 0.3 is 0 Å². The molecule has 0 radical (unpaired) electrons. The van der Waals surface area contributed by atoms with Crippen LogP contribution in [0.25, 0.3) is 11.4 Å². The van der Waals surface area contributed by atoms with E-state index in [0.717, 1.165) is 16.9 Å². The van der Waals surface area contributed by atoms with E-state index >= 15 is 0 Å². The molecule has 3 rings (SSSR count). The number of hydrogen-bond donors (Lipinski definition) is 2. The van der Waals surface area contributed by atoms with Crippen LogP contribution in [0, 0.1) is 5.82 Å². The molecule has 1 atom stereocenters. The zero-order valence-electron chi connectivity index (χ0n) is 12.0. The molecule has 1 unspecified atom stereocenters. The van der Waals surface area contributed by atoms with Crippen LogP contribution < -0.4 is 10.5 Å². The van der Waals surface area contributed by atoms with Crippen molar-refractivity contribution in [3.63, 3.8) is 0 Å². The van der Waals surface area contributed by atoms with Crippen molar-refractivity contribution < 1.29 is 9.13 Å². The van der Waals surface area contributed by atoms with Crippen molar-refractivity contribution in [3.05, 3.63) is 65.7 Å². The first-order valence-corrected chi connectivity index (χ1v) is 6.75. The first-order valence-electron chi connectivity index (χ1n) is 6.75. The SMILES string of the molecule is COc1ccc(C(N)c2nc(-c3ccc(F)cc3)n[nH]2)cc1. The Morgan fingerprint density at radius 3 is 2.41 bits per heavy atom. The van der Waals surface area contributed by atoms with Gasteiger partial charge in [0.2, 0.25) is 0 Å². The summed E-state index contributed by atoms with van der Waals surface area (Å²) in [5, 5.41) is 6.97. The maximum atomic E-state index is 12.9. The topological polar surface area (TPSA) is 76.8 Å². The molecule has 1 aromatic heterocycles. The van der Waals surface area contributed by atoms with Crippen LogP contribution in [0.15, 0.2) is 48.5 Å². The molecule has 0 aliphatic heterocycles. The Bertz CT molecular complexity index is 753. The molecule has 0 saturated carbocycles. The Labute approximate surface area is 127 Å². The Balaban J connectivity index is 1.84. The Hall–Kier alpha value is -2.73. The van der Waals surface area contributed by atoms with Crippen LogP contribution in [-0.4, -0.2) is 22.3 Å². The highest BCUT2D eigenvalue weighted by molar-refractivity contribution is 5.54. The standard InChI is InChI=1S/C16H15FN4O/c1-22-13-8-4-10(5-9-13)14(18)16-19-15(20-21-16)11-2-6-12(17)7-3-11/h2-9,14H,18H2,1H3,(H,19,20,21). The fourth-order valence-electron chi connectivity index (χ4n) is 2.11. The third-order valence-electron chi connectivity index (χ3n) is 3.37. The molecule has 0 fully saturated rings. The number of hydrogen-bond acceptors (Lipinski definition) is 4. The molecular formula is C16H15FN4O. The molecule has 2 aromatic carbocycles. The molecule has 0 amide bonds. The van der Waals surface area contributed by atoms with Crippen molar-refractivity contribution in [1.82, 2.24) is 15.2 Å². The van der Waals surface area contributed by atoms with Crippen LogP contribution >= 0.6 is 0 Å². The number of nitrogens with one attached hydrogen (secondary N) is 1. The van der Waals surface area contributed by atoms with Crippen molar-refractivity contribution in [2.45, 2.75) is 6.04 Å². The van der Waals surface area contributed by atoms with Crippen LogP contribution in [0.3, 0.4) is 0 Å².